The van der Waals surface area contributed by atoms with E-state index in [0.29, 0.717) is 30.3 Å². The number of hydrogen-bond acceptors (Lipinski definition) is 6. The van der Waals surface area contributed by atoms with Crippen LogP contribution in [0, 0.1) is 30.0 Å². The van der Waals surface area contributed by atoms with Gasteiger partial charge in [-0.25, -0.2) is 15.0 Å². The highest BCUT2D eigenvalue weighted by molar-refractivity contribution is 5.68. The van der Waals surface area contributed by atoms with Crippen LogP contribution in [-0.4, -0.2) is 31.6 Å². The highest BCUT2D eigenvalue weighted by Crippen LogP contribution is 2.29. The van der Waals surface area contributed by atoms with Crippen molar-refractivity contribution >= 4 is 6.08 Å². The normalized spacial score (nSPS) is 13.1. The Morgan fingerprint density at radius 1 is 1.16 bits per heavy atom. The topological polar surface area (TPSA) is 90.2 Å². The second-order valence-electron chi connectivity index (χ2n) is 8.86. The van der Waals surface area contributed by atoms with E-state index < -0.39 is 0 Å². The molecule has 0 fully saturated rings. The fourth-order valence-corrected chi connectivity index (χ4v) is 4.84. The lowest BCUT2D eigenvalue weighted by molar-refractivity contribution is 0.415. The number of nitrogens with zero attached hydrogens (tertiary/aromatic N) is 5. The van der Waals surface area contributed by atoms with Crippen LogP contribution in [-0.2, 0) is 20.0 Å². The van der Waals surface area contributed by atoms with Gasteiger partial charge in [0.2, 0.25) is 5.88 Å². The molecule has 3 aliphatic heterocycles. The fraction of sp³-hybridized carbons (Fsp3) is 0.172. The molecule has 6 rings (SSSR count). The van der Waals surface area contributed by atoms with Crippen molar-refractivity contribution in [3.8, 4) is 35.2 Å². The molecular formula is C29H24N6O2. The lowest BCUT2D eigenvalue weighted by Crippen LogP contribution is -2.20. The summed E-state index contributed by atoms with van der Waals surface area (Å²) in [5.41, 5.74) is 7.01. The number of allylic oxidation sites excluding steroid dienone is 2. The monoisotopic (exact) mass is 488 g/mol. The number of fused-ring (bicyclic) bond motifs is 2. The molecule has 182 valence electrons. The van der Waals surface area contributed by atoms with Gasteiger partial charge < -0.3 is 19.0 Å². The van der Waals surface area contributed by atoms with Gasteiger partial charge in [0.1, 0.15) is 28.2 Å². The van der Waals surface area contributed by atoms with Gasteiger partial charge in [-0.2, -0.15) is 0 Å². The number of pyridine rings is 2. The smallest absolute Gasteiger partial charge is 0.219 e. The Labute approximate surface area is 213 Å². The number of aromatic amines is 1. The van der Waals surface area contributed by atoms with Gasteiger partial charge in [-0.3, -0.25) is 4.99 Å². The predicted molar refractivity (Wildman–Crippen MR) is 139 cm³/mol. The zero-order chi connectivity index (χ0) is 25.5. The number of ether oxygens (including phenoxy) is 2. The van der Waals surface area contributed by atoms with Crippen molar-refractivity contribution in [2.45, 2.75) is 19.9 Å². The third-order valence-corrected chi connectivity index (χ3v) is 6.63. The summed E-state index contributed by atoms with van der Waals surface area (Å²) in [5, 5.41) is 2.02. The molecule has 0 saturated carbocycles. The number of rotatable bonds is 4. The Morgan fingerprint density at radius 3 is 2.86 bits per heavy atom. The van der Waals surface area contributed by atoms with Gasteiger partial charge in [0.05, 0.1) is 36.5 Å². The predicted octanol–water partition coefficient (Wildman–Crippen LogP) is 2.79. The number of aryl methyl sites for hydroxylation is 1. The quantitative estimate of drug-likeness (QED) is 0.446. The standard InChI is InChI=1S/C29H24N6O2/c1-5-19-13-25(36-4)23(15-30-19)24-12-18-11-20(37-26-8-6-7-17(2)34-26)9-10-21(18)22-14-31-28-27(22)29(35(24)3)33-16-32-28/h1,6-9,11-13,15-16H,10,14H2,2-4H3,(H,31,32,33). The molecule has 0 bridgehead atoms. The highest BCUT2D eigenvalue weighted by Gasteiger charge is 2.19. The van der Waals surface area contributed by atoms with E-state index in [0.717, 1.165) is 49.7 Å². The molecule has 8 heteroatoms. The van der Waals surface area contributed by atoms with Gasteiger partial charge >= 0.3 is 0 Å². The van der Waals surface area contributed by atoms with E-state index in [1.807, 2.05) is 42.8 Å². The van der Waals surface area contributed by atoms with E-state index in [2.05, 4.69) is 33.0 Å². The fourth-order valence-electron chi connectivity index (χ4n) is 4.84. The van der Waals surface area contributed by atoms with Crippen molar-refractivity contribution in [2.75, 3.05) is 7.11 Å². The minimum atomic E-state index is 0.505. The molecule has 2 aromatic heterocycles. The van der Waals surface area contributed by atoms with E-state index in [9.17, 15) is 0 Å². The number of aromatic nitrogens is 5. The molecular weight excluding hydrogens is 464 g/mol. The molecule has 0 atom stereocenters. The van der Waals surface area contributed by atoms with Crippen molar-refractivity contribution in [3.63, 3.8) is 0 Å². The van der Waals surface area contributed by atoms with Crippen LogP contribution in [0.5, 0.6) is 11.6 Å². The molecule has 0 unspecified atom stereocenters. The Balaban J connectivity index is 1.67. The van der Waals surface area contributed by atoms with Crippen LogP contribution in [0.1, 0.15) is 22.5 Å². The van der Waals surface area contributed by atoms with E-state index in [-0.39, 0.29) is 0 Å². The molecule has 2 aromatic rings. The van der Waals surface area contributed by atoms with Crippen molar-refractivity contribution in [2.24, 2.45) is 12.0 Å². The maximum Gasteiger partial charge on any atom is 0.219 e. The van der Waals surface area contributed by atoms with Crippen LogP contribution >= 0.6 is 0 Å². The lowest BCUT2D eigenvalue weighted by Gasteiger charge is -2.16. The summed E-state index contributed by atoms with van der Waals surface area (Å²) in [7, 11) is 3.61. The van der Waals surface area contributed by atoms with Crippen molar-refractivity contribution in [1.29, 1.82) is 0 Å². The zero-order valence-electron chi connectivity index (χ0n) is 20.7. The highest BCUT2D eigenvalue weighted by atomic mass is 16.5. The van der Waals surface area contributed by atoms with Gasteiger partial charge in [-0.05, 0) is 54.0 Å². The van der Waals surface area contributed by atoms with E-state index in [1.165, 1.54) is 5.56 Å². The maximum absolute atomic E-state index is 6.16. The first-order valence-electron chi connectivity index (χ1n) is 11.9. The number of terminal acetylenes is 1. The average molecular weight is 489 g/mol. The molecule has 0 aromatic carbocycles. The minimum Gasteiger partial charge on any atom is -0.496 e. The number of hydrogen-bond donors (Lipinski definition) is 1. The van der Waals surface area contributed by atoms with Gasteiger partial charge in [0.15, 0.2) is 0 Å². The zero-order valence-corrected chi connectivity index (χ0v) is 20.7. The SMILES string of the molecule is C#Cc1cc(OC)c(-c2cc3c(c4c5c([nH]cnc=5n2C)=NC4)CC=C(Oc2cccc(C)n2)C=3)cn1. The van der Waals surface area contributed by atoms with Crippen LogP contribution in [0.15, 0.2) is 59.7 Å². The Morgan fingerprint density at radius 2 is 2.05 bits per heavy atom. The van der Waals surface area contributed by atoms with Crippen LogP contribution in [0.3, 0.4) is 0 Å². The van der Waals surface area contributed by atoms with Crippen molar-refractivity contribution < 1.29 is 9.47 Å². The summed E-state index contributed by atoms with van der Waals surface area (Å²) in [5.74, 6) is 4.50. The van der Waals surface area contributed by atoms with Gasteiger partial charge in [0.25, 0.3) is 0 Å². The maximum atomic E-state index is 6.16. The Bertz CT molecular complexity index is 1890. The molecule has 0 spiro atoms. The molecule has 0 radical (unpaired) electrons. The lowest BCUT2D eigenvalue weighted by atomic mass is 9.97. The van der Waals surface area contributed by atoms with Gasteiger partial charge in [-0.1, -0.05) is 12.0 Å². The first kappa shape index (κ1) is 22.6. The van der Waals surface area contributed by atoms with Crippen LogP contribution in [0.2, 0.25) is 0 Å². The van der Waals surface area contributed by atoms with Gasteiger partial charge in [-0.15, -0.1) is 6.42 Å². The summed E-state index contributed by atoms with van der Waals surface area (Å²) in [4.78, 5) is 21.6. The van der Waals surface area contributed by atoms with Crippen LogP contribution in [0.25, 0.3) is 17.3 Å². The number of methoxy groups -OCH3 is 1. The molecule has 8 nitrogen and oxygen atoms in total. The van der Waals surface area contributed by atoms with E-state index in [1.54, 1.807) is 25.7 Å². The summed E-state index contributed by atoms with van der Waals surface area (Å²) >= 11 is 0. The number of H-pyrrole nitrogens is 1. The first-order chi connectivity index (χ1) is 18.1. The molecule has 1 aliphatic carbocycles. The summed E-state index contributed by atoms with van der Waals surface area (Å²) in [6.07, 6.45) is 13.8. The second kappa shape index (κ2) is 8.95. The Kier molecular flexibility index (Phi) is 5.46. The minimum absolute atomic E-state index is 0.505. The molecule has 0 amide bonds. The first-order valence-corrected chi connectivity index (χ1v) is 11.9. The molecule has 5 heterocycles. The molecule has 1 N–H and O–H groups in total. The summed E-state index contributed by atoms with van der Waals surface area (Å²) in [6, 6.07) is 9.63. The second-order valence-corrected chi connectivity index (χ2v) is 8.86. The van der Waals surface area contributed by atoms with Crippen LogP contribution in [0.4, 0.5) is 0 Å². The molecule has 4 aliphatic rings. The van der Waals surface area contributed by atoms with Crippen LogP contribution < -0.4 is 20.2 Å². The van der Waals surface area contributed by atoms with E-state index >= 15 is 0 Å². The third kappa shape index (κ3) is 3.91. The van der Waals surface area contributed by atoms with Gasteiger partial charge in [0, 0.05) is 31.1 Å². The average Bonchev–Trinajstić information content (AvgIpc) is 3.35. The third-order valence-electron chi connectivity index (χ3n) is 6.63. The largest absolute Gasteiger partial charge is 0.496 e. The van der Waals surface area contributed by atoms with E-state index in [4.69, 9.17) is 25.9 Å². The van der Waals surface area contributed by atoms with Crippen molar-refractivity contribution in [3.05, 3.63) is 98.6 Å². The molecule has 0 saturated heterocycles. The molecule has 37 heavy (non-hydrogen) atoms. The van der Waals surface area contributed by atoms with Crippen molar-refractivity contribution in [1.82, 2.24) is 24.5 Å². The summed E-state index contributed by atoms with van der Waals surface area (Å²) < 4.78 is 13.9. The summed E-state index contributed by atoms with van der Waals surface area (Å²) in [6.45, 7) is 2.53. The number of nitrogens with one attached hydrogen (secondary N) is 1. The Hall–Kier alpha value is -4.90.